The zero-order valence-electron chi connectivity index (χ0n) is 30.2. The van der Waals surface area contributed by atoms with Crippen molar-refractivity contribution in [3.8, 4) is 0 Å². The number of hydrogen-bond donors (Lipinski definition) is 2. The predicted octanol–water partition coefficient (Wildman–Crippen LogP) is 1.90. The van der Waals surface area contributed by atoms with Crippen LogP contribution in [0.25, 0.3) is 0 Å². The number of allylic oxidation sites excluding steroid dienone is 3. The molecule has 15 nitrogen and oxygen atoms in total. The van der Waals surface area contributed by atoms with Crippen LogP contribution in [0.4, 0.5) is 4.79 Å². The van der Waals surface area contributed by atoms with Gasteiger partial charge in [0.15, 0.2) is 11.5 Å². The Kier molecular flexibility index (Phi) is 8.99. The number of aliphatic hydroxyl groups is 2. The van der Waals surface area contributed by atoms with Crippen LogP contribution in [0.3, 0.4) is 0 Å². The van der Waals surface area contributed by atoms with Crippen LogP contribution in [-0.4, -0.2) is 113 Å². The van der Waals surface area contributed by atoms with Gasteiger partial charge in [-0.2, -0.15) is 0 Å². The van der Waals surface area contributed by atoms with E-state index in [0.29, 0.717) is 24.0 Å². The van der Waals surface area contributed by atoms with Gasteiger partial charge in [0.2, 0.25) is 11.7 Å². The van der Waals surface area contributed by atoms with Gasteiger partial charge in [0.05, 0.1) is 25.7 Å². The van der Waals surface area contributed by atoms with E-state index in [2.05, 4.69) is 0 Å². The van der Waals surface area contributed by atoms with Crippen LogP contribution in [0.2, 0.25) is 0 Å². The number of hydrogen-bond acceptors (Lipinski definition) is 14. The van der Waals surface area contributed by atoms with E-state index in [1.165, 1.54) is 11.0 Å². The fourth-order valence-corrected chi connectivity index (χ4v) is 10.1. The van der Waals surface area contributed by atoms with Crippen molar-refractivity contribution >= 4 is 35.8 Å². The van der Waals surface area contributed by atoms with Gasteiger partial charge in [0, 0.05) is 30.4 Å². The van der Waals surface area contributed by atoms with Gasteiger partial charge in [-0.25, -0.2) is 24.0 Å². The van der Waals surface area contributed by atoms with Gasteiger partial charge in [-0.05, 0) is 77.7 Å². The molecule has 1 amide bonds. The van der Waals surface area contributed by atoms with Crippen molar-refractivity contribution in [1.82, 2.24) is 4.90 Å². The van der Waals surface area contributed by atoms with Gasteiger partial charge in [-0.1, -0.05) is 12.5 Å². The summed E-state index contributed by atoms with van der Waals surface area (Å²) in [7, 11) is 1.08. The Morgan fingerprint density at radius 3 is 2.39 bits per heavy atom. The third-order valence-corrected chi connectivity index (χ3v) is 11.8. The van der Waals surface area contributed by atoms with Crippen LogP contribution in [0, 0.1) is 28.6 Å². The summed E-state index contributed by atoms with van der Waals surface area (Å²) in [6.07, 6.45) is -5.24. The van der Waals surface area contributed by atoms with E-state index in [9.17, 15) is 39.0 Å². The molecule has 2 saturated carbocycles. The van der Waals surface area contributed by atoms with Crippen molar-refractivity contribution in [3.63, 3.8) is 0 Å². The number of Topliss-reactive ketones (excluding diaryl/α,β-unsaturated/α-hetero) is 1. The van der Waals surface area contributed by atoms with Gasteiger partial charge in [0.1, 0.15) is 23.9 Å². The molecular formula is C36H47NO14. The first-order valence-electron chi connectivity index (χ1n) is 17.3. The molecule has 280 valence electrons. The summed E-state index contributed by atoms with van der Waals surface area (Å²) < 4.78 is 34.2. The van der Waals surface area contributed by atoms with E-state index in [4.69, 9.17) is 28.4 Å². The van der Waals surface area contributed by atoms with Crippen molar-refractivity contribution in [1.29, 1.82) is 0 Å². The SMILES string of the molecule is COC(=O)[C@@]12OC[C@]34C([C@@H](O)[C@@H]1O)[C@@]1(C)CC(=O)C(OC(=O)C5CCCN5C(=O)OC(C)(C)C)=C(C)[C@@H]1C[C@H]3OC(=O)[C@H](OC(=O)C=C(C)C)[C@@H]24. The molecule has 3 saturated heterocycles. The zero-order valence-corrected chi connectivity index (χ0v) is 30.2. The Hall–Kier alpha value is -3.82. The number of carbonyl (C=O) groups excluding carboxylic acids is 6. The molecule has 6 rings (SSSR count). The number of carbonyl (C=O) groups is 6. The van der Waals surface area contributed by atoms with Crippen LogP contribution in [0.15, 0.2) is 23.0 Å². The fourth-order valence-electron chi connectivity index (χ4n) is 10.1. The minimum atomic E-state index is -2.30. The molecule has 11 atom stereocenters. The van der Waals surface area contributed by atoms with Gasteiger partial charge < -0.3 is 38.6 Å². The molecule has 3 aliphatic carbocycles. The molecular weight excluding hydrogens is 670 g/mol. The summed E-state index contributed by atoms with van der Waals surface area (Å²) >= 11 is 0. The minimum Gasteiger partial charge on any atom is -0.467 e. The first kappa shape index (κ1) is 37.0. The van der Waals surface area contributed by atoms with Gasteiger partial charge >= 0.3 is 30.0 Å². The Morgan fingerprint density at radius 2 is 1.76 bits per heavy atom. The number of esters is 4. The number of ketones is 1. The third-order valence-electron chi connectivity index (χ3n) is 11.8. The summed E-state index contributed by atoms with van der Waals surface area (Å²) in [5.41, 5.74) is -4.70. The molecule has 3 heterocycles. The highest BCUT2D eigenvalue weighted by Crippen LogP contribution is 2.73. The largest absolute Gasteiger partial charge is 0.467 e. The Bertz CT molecular complexity index is 1620. The topological polar surface area (TPSA) is 201 Å². The smallest absolute Gasteiger partial charge is 0.411 e. The van der Waals surface area contributed by atoms with E-state index < -0.39 is 106 Å². The molecule has 2 unspecified atom stereocenters. The van der Waals surface area contributed by atoms with Crippen LogP contribution in [0.1, 0.15) is 74.1 Å². The first-order chi connectivity index (χ1) is 23.7. The quantitative estimate of drug-likeness (QED) is 0.237. The normalized spacial score (nSPS) is 39.7. The summed E-state index contributed by atoms with van der Waals surface area (Å²) in [4.78, 5) is 82.1. The molecule has 2 N–H and O–H groups in total. The molecule has 51 heavy (non-hydrogen) atoms. The lowest BCUT2D eigenvalue weighted by Gasteiger charge is -2.67. The number of likely N-dealkylation sites (tertiary alicyclic amines) is 1. The number of fused-ring (bicyclic) bond motifs is 2. The number of nitrogens with zero attached hydrogens (tertiary/aromatic N) is 1. The number of aliphatic hydroxyl groups excluding tert-OH is 2. The van der Waals surface area contributed by atoms with E-state index in [-0.39, 0.29) is 31.8 Å². The fraction of sp³-hybridized carbons (Fsp3) is 0.722. The van der Waals surface area contributed by atoms with Crippen LogP contribution in [-0.2, 0) is 52.4 Å². The lowest BCUT2D eigenvalue weighted by molar-refractivity contribution is -0.290. The van der Waals surface area contributed by atoms with Crippen LogP contribution >= 0.6 is 0 Å². The molecule has 0 aromatic rings. The van der Waals surface area contributed by atoms with Crippen molar-refractivity contribution < 1.29 is 67.4 Å². The lowest BCUT2D eigenvalue weighted by atomic mass is 9.38. The third kappa shape index (κ3) is 5.40. The monoisotopic (exact) mass is 717 g/mol. The highest BCUT2D eigenvalue weighted by atomic mass is 16.6. The number of rotatable bonds is 5. The van der Waals surface area contributed by atoms with E-state index in [1.807, 2.05) is 0 Å². The molecule has 0 aromatic heterocycles. The van der Waals surface area contributed by atoms with Gasteiger partial charge in [-0.3, -0.25) is 9.69 Å². The maximum Gasteiger partial charge on any atom is 0.411 e. The van der Waals surface area contributed by atoms with Gasteiger partial charge in [-0.15, -0.1) is 0 Å². The lowest BCUT2D eigenvalue weighted by Crippen LogP contribution is -2.79. The summed E-state index contributed by atoms with van der Waals surface area (Å²) in [6.45, 7) is 11.8. The molecule has 6 aliphatic rings. The summed E-state index contributed by atoms with van der Waals surface area (Å²) in [5.74, 6) is -7.46. The number of ether oxygens (including phenoxy) is 6. The molecule has 0 radical (unpaired) electrons. The maximum absolute atomic E-state index is 14.1. The average Bonchev–Trinajstić information content (AvgIpc) is 3.63. The molecule has 1 spiro atoms. The first-order valence-corrected chi connectivity index (χ1v) is 17.3. The van der Waals surface area contributed by atoms with Crippen LogP contribution < -0.4 is 0 Å². The Morgan fingerprint density at radius 1 is 1.08 bits per heavy atom. The number of methoxy groups -OCH3 is 1. The van der Waals surface area contributed by atoms with Crippen molar-refractivity contribution in [2.75, 3.05) is 20.3 Å². The average molecular weight is 718 g/mol. The van der Waals surface area contributed by atoms with E-state index in [0.717, 1.165) is 7.11 Å². The number of amides is 1. The minimum absolute atomic E-state index is 0.0704. The van der Waals surface area contributed by atoms with Gasteiger partial charge in [0.25, 0.3) is 0 Å². The maximum atomic E-state index is 14.1. The molecule has 0 aromatic carbocycles. The second kappa shape index (κ2) is 12.4. The Balaban J connectivity index is 1.39. The molecule has 15 heteroatoms. The van der Waals surface area contributed by atoms with Crippen LogP contribution in [0.5, 0.6) is 0 Å². The highest BCUT2D eigenvalue weighted by Gasteiger charge is 2.85. The second-order valence-electron chi connectivity index (χ2n) is 16.2. The standard InChI is InChI=1S/C36H47NO14/c1-16(2)12-22(39)49-25-27-35-15-47-36(27,31(44)46-8)28(41)23(40)26(35)34(7)14-20(38)24(17(3)18(34)13-21(35)48-30(25)43)50-29(42)19-10-9-11-37(19)32(45)51-33(4,5)6/h12,18-19,21,23,25-28,40-41H,9-11,13-15H2,1-8H3/t18-,19?,21+,23+,25+,26?,27+,28-,34-,35+,36-/m0/s1. The summed E-state index contributed by atoms with van der Waals surface area (Å²) in [5, 5.41) is 23.8. The van der Waals surface area contributed by atoms with Crippen molar-refractivity contribution in [3.05, 3.63) is 23.0 Å². The molecule has 3 aliphatic heterocycles. The van der Waals surface area contributed by atoms with Crippen molar-refractivity contribution in [2.45, 2.75) is 116 Å². The molecule has 2 bridgehead atoms. The molecule has 5 fully saturated rings. The zero-order chi connectivity index (χ0) is 37.6. The predicted molar refractivity (Wildman–Crippen MR) is 172 cm³/mol. The van der Waals surface area contributed by atoms with Crippen molar-refractivity contribution in [2.24, 2.45) is 28.6 Å². The van der Waals surface area contributed by atoms with E-state index >= 15 is 0 Å². The van der Waals surface area contributed by atoms with E-state index in [1.54, 1.807) is 48.5 Å². The summed E-state index contributed by atoms with van der Waals surface area (Å²) in [6, 6.07) is -0.973. The Labute approximate surface area is 295 Å². The second-order valence-corrected chi connectivity index (χ2v) is 16.2. The highest BCUT2D eigenvalue weighted by molar-refractivity contribution is 5.99.